The van der Waals surface area contributed by atoms with Gasteiger partial charge in [0.25, 0.3) is 5.92 Å². The average molecular weight is 657 g/mol. The number of ether oxygens (including phenoxy) is 1. The summed E-state index contributed by atoms with van der Waals surface area (Å²) in [5.41, 5.74) is -0.291. The topological polar surface area (TPSA) is 66.4 Å². The number of nitrogens with zero attached hydrogens (tertiary/aromatic N) is 5. The highest BCUT2D eigenvalue weighted by Crippen LogP contribution is 2.69. The van der Waals surface area contributed by atoms with E-state index in [1.54, 1.807) is 18.2 Å². The molecule has 1 N–H and O–H groups in total. The van der Waals surface area contributed by atoms with Crippen molar-refractivity contribution >= 4 is 27.5 Å². The highest BCUT2D eigenvalue weighted by molar-refractivity contribution is 6.02. The van der Waals surface area contributed by atoms with Crippen LogP contribution in [0.25, 0.3) is 32.9 Å². The van der Waals surface area contributed by atoms with Crippen LogP contribution in [0.4, 0.5) is 23.4 Å². The summed E-state index contributed by atoms with van der Waals surface area (Å²) in [5.74, 6) is -0.841. The lowest BCUT2D eigenvalue weighted by Crippen LogP contribution is -2.56. The normalized spacial score (nSPS) is 28.8. The Labute approximate surface area is 276 Å². The first-order chi connectivity index (χ1) is 23.2. The van der Waals surface area contributed by atoms with E-state index in [0.717, 1.165) is 38.8 Å². The summed E-state index contributed by atoms with van der Waals surface area (Å²) >= 11 is 0. The van der Waals surface area contributed by atoms with Crippen LogP contribution in [-0.2, 0) is 6.42 Å². The highest BCUT2D eigenvalue weighted by atomic mass is 19.3. The van der Waals surface area contributed by atoms with Gasteiger partial charge in [-0.05, 0) is 56.5 Å². The number of aryl methyl sites for hydroxylation is 1. The van der Waals surface area contributed by atoms with Crippen LogP contribution < -0.4 is 15.0 Å². The summed E-state index contributed by atoms with van der Waals surface area (Å²) in [6.45, 7) is 4.82. The number of fused-ring (bicyclic) bond motifs is 4. The van der Waals surface area contributed by atoms with Crippen molar-refractivity contribution < 1.29 is 22.3 Å². The lowest BCUT2D eigenvalue weighted by molar-refractivity contribution is 0.0647. The van der Waals surface area contributed by atoms with E-state index in [2.05, 4.69) is 28.0 Å². The fourth-order valence-corrected chi connectivity index (χ4v) is 9.14. The lowest BCUT2D eigenvalue weighted by atomic mass is 9.89. The molecular formula is C37H36F4N6O. The maximum atomic E-state index is 17.1. The van der Waals surface area contributed by atoms with E-state index in [4.69, 9.17) is 26.1 Å². The number of piperazine rings is 1. The molecule has 1 aliphatic carbocycles. The Morgan fingerprint density at radius 1 is 1.10 bits per heavy atom. The number of halogens is 4. The first-order valence-corrected chi connectivity index (χ1v) is 17.0. The minimum Gasteiger partial charge on any atom is -0.461 e. The zero-order valence-corrected chi connectivity index (χ0v) is 26.8. The van der Waals surface area contributed by atoms with E-state index in [9.17, 15) is 13.2 Å². The minimum atomic E-state index is -2.65. The largest absolute Gasteiger partial charge is 0.461 e. The van der Waals surface area contributed by atoms with Crippen LogP contribution in [0.1, 0.15) is 56.7 Å². The third-order valence-corrected chi connectivity index (χ3v) is 11.8. The number of terminal acetylenes is 1. The van der Waals surface area contributed by atoms with Gasteiger partial charge >= 0.3 is 6.01 Å². The fraction of sp³-hybridized carbons (Fsp3) is 0.486. The van der Waals surface area contributed by atoms with Crippen molar-refractivity contribution in [2.24, 2.45) is 5.41 Å². The molecule has 4 fully saturated rings. The molecule has 0 bridgehead atoms. The van der Waals surface area contributed by atoms with Crippen LogP contribution in [0.15, 0.2) is 30.3 Å². The number of pyridine rings is 1. The Bertz CT molecular complexity index is 2050. The Hall–Kier alpha value is -4.01. The van der Waals surface area contributed by atoms with Gasteiger partial charge in [-0.3, -0.25) is 4.90 Å². The molecule has 248 valence electrons. The number of alkyl halides is 2. The molecule has 6 heterocycles. The number of hydrogen-bond acceptors (Lipinski definition) is 7. The summed E-state index contributed by atoms with van der Waals surface area (Å²) in [6.07, 6.45) is 9.96. The van der Waals surface area contributed by atoms with Gasteiger partial charge < -0.3 is 15.0 Å². The van der Waals surface area contributed by atoms with Crippen molar-refractivity contribution in [1.29, 1.82) is 0 Å². The minimum absolute atomic E-state index is 0.0183. The molecule has 2 aromatic carbocycles. The summed E-state index contributed by atoms with van der Waals surface area (Å²) in [7, 11) is 0. The molecule has 4 aromatic rings. The van der Waals surface area contributed by atoms with Crippen molar-refractivity contribution in [2.75, 3.05) is 37.7 Å². The molecular weight excluding hydrogens is 620 g/mol. The molecule has 4 atom stereocenters. The van der Waals surface area contributed by atoms with E-state index >= 15 is 4.39 Å². The zero-order chi connectivity index (χ0) is 33.0. The van der Waals surface area contributed by atoms with Gasteiger partial charge in [-0.15, -0.1) is 6.42 Å². The monoisotopic (exact) mass is 656 g/mol. The van der Waals surface area contributed by atoms with Crippen molar-refractivity contribution in [2.45, 2.75) is 75.4 Å². The van der Waals surface area contributed by atoms with Gasteiger partial charge in [0.1, 0.15) is 29.5 Å². The SMILES string of the molecule is C#Cc1c(F)ccc2cccc(-c3nc4c5c(nc(OC[C@@]67CCCN6C[C@@]6(CC6(F)F)C7)nc5c3F)N3C[C@@H](CC)NC[C@H]3CC4)c12. The van der Waals surface area contributed by atoms with Gasteiger partial charge in [0.15, 0.2) is 5.82 Å². The number of hydrogen-bond donors (Lipinski definition) is 1. The Morgan fingerprint density at radius 3 is 2.75 bits per heavy atom. The number of nitrogens with one attached hydrogen (secondary N) is 1. The standard InChI is InChI=1S/C37H36F4N6O/c1-3-22-16-47-23(15-42-22)10-12-27-29-32(30(39)31(43-27)25-8-5-7-21-9-11-26(38)24(4-2)28(21)25)44-34(45-33(29)47)48-20-36-13-6-14-46(36)19-35(17-36)18-37(35,40)41/h2,5,7-9,11,22-23,42H,3,6,10,12-20H2,1H3/t22-,23-,35+,36+/m1/s1. The second kappa shape index (κ2) is 10.5. The first-order valence-electron chi connectivity index (χ1n) is 17.0. The molecule has 0 radical (unpaired) electrons. The zero-order valence-electron chi connectivity index (χ0n) is 26.8. The molecule has 0 unspecified atom stereocenters. The van der Waals surface area contributed by atoms with E-state index in [0.29, 0.717) is 59.2 Å². The van der Waals surface area contributed by atoms with E-state index in [1.165, 1.54) is 6.07 Å². The Kier molecular flexibility index (Phi) is 6.58. The number of anilines is 1. The molecule has 0 amide bonds. The summed E-state index contributed by atoms with van der Waals surface area (Å²) in [6, 6.07) is 8.57. The summed E-state index contributed by atoms with van der Waals surface area (Å²) in [4.78, 5) is 19.0. The predicted octanol–water partition coefficient (Wildman–Crippen LogP) is 6.25. The number of aromatic nitrogens is 3. The fourth-order valence-electron chi connectivity index (χ4n) is 9.14. The van der Waals surface area contributed by atoms with Crippen LogP contribution in [0.5, 0.6) is 6.01 Å². The Balaban J connectivity index is 1.20. The molecule has 1 spiro atoms. The molecule has 5 aliphatic rings. The first kappa shape index (κ1) is 30.1. The maximum absolute atomic E-state index is 17.1. The van der Waals surface area contributed by atoms with Crippen molar-refractivity contribution in [3.05, 3.63) is 53.2 Å². The molecule has 9 rings (SSSR count). The molecule has 2 aromatic heterocycles. The van der Waals surface area contributed by atoms with Crippen LogP contribution in [-0.4, -0.2) is 76.2 Å². The van der Waals surface area contributed by atoms with Gasteiger partial charge in [-0.2, -0.15) is 9.97 Å². The highest BCUT2D eigenvalue weighted by Gasteiger charge is 2.77. The lowest BCUT2D eigenvalue weighted by Gasteiger charge is -2.40. The van der Waals surface area contributed by atoms with E-state index in [1.807, 2.05) is 6.07 Å². The predicted molar refractivity (Wildman–Crippen MR) is 175 cm³/mol. The molecule has 7 nitrogen and oxygen atoms in total. The third kappa shape index (κ3) is 4.31. The van der Waals surface area contributed by atoms with Gasteiger partial charge in [0, 0.05) is 49.1 Å². The van der Waals surface area contributed by atoms with E-state index < -0.39 is 28.5 Å². The average Bonchev–Trinajstić information content (AvgIpc) is 3.29. The van der Waals surface area contributed by atoms with Crippen LogP contribution >= 0.6 is 0 Å². The van der Waals surface area contributed by atoms with Crippen molar-refractivity contribution in [3.8, 4) is 29.6 Å². The summed E-state index contributed by atoms with van der Waals surface area (Å²) in [5, 5.41) is 5.26. The molecule has 3 saturated heterocycles. The maximum Gasteiger partial charge on any atom is 0.319 e. The van der Waals surface area contributed by atoms with Crippen LogP contribution in [0.3, 0.4) is 0 Å². The Morgan fingerprint density at radius 2 is 1.96 bits per heavy atom. The quantitative estimate of drug-likeness (QED) is 0.201. The molecule has 1 saturated carbocycles. The van der Waals surface area contributed by atoms with Gasteiger partial charge in [0.05, 0.1) is 27.6 Å². The second-order valence-electron chi connectivity index (χ2n) is 14.5. The number of rotatable bonds is 5. The van der Waals surface area contributed by atoms with Crippen molar-refractivity contribution in [1.82, 2.24) is 25.2 Å². The molecule has 4 aliphatic heterocycles. The van der Waals surface area contributed by atoms with Crippen LogP contribution in [0, 0.1) is 29.4 Å². The van der Waals surface area contributed by atoms with Crippen LogP contribution in [0.2, 0.25) is 0 Å². The van der Waals surface area contributed by atoms with Gasteiger partial charge in [-0.1, -0.05) is 37.1 Å². The second-order valence-corrected chi connectivity index (χ2v) is 14.5. The van der Waals surface area contributed by atoms with Gasteiger partial charge in [-0.25, -0.2) is 22.5 Å². The van der Waals surface area contributed by atoms with Gasteiger partial charge in [0.2, 0.25) is 0 Å². The van der Waals surface area contributed by atoms with Crippen molar-refractivity contribution in [3.63, 3.8) is 0 Å². The third-order valence-electron chi connectivity index (χ3n) is 11.8. The summed E-state index contributed by atoms with van der Waals surface area (Å²) < 4.78 is 67.5. The molecule has 48 heavy (non-hydrogen) atoms. The number of benzene rings is 2. The molecule has 11 heteroatoms. The van der Waals surface area contributed by atoms with E-state index in [-0.39, 0.29) is 47.9 Å². The smallest absolute Gasteiger partial charge is 0.319 e.